The second-order valence-corrected chi connectivity index (χ2v) is 18.3. The van der Waals surface area contributed by atoms with Crippen molar-refractivity contribution in [3.05, 3.63) is 23.3 Å². The third kappa shape index (κ3) is 4.99. The highest BCUT2D eigenvalue weighted by Crippen LogP contribution is 2.68. The van der Waals surface area contributed by atoms with E-state index in [0.717, 1.165) is 83.5 Å². The molecule has 12 atom stereocenters. The molecule has 8 aliphatic carbocycles. The lowest BCUT2D eigenvalue weighted by Gasteiger charge is -2.58. The lowest BCUT2D eigenvalue weighted by molar-refractivity contribution is -0.133. The van der Waals surface area contributed by atoms with Crippen LogP contribution in [0.15, 0.2) is 23.3 Å². The standard InChI is InChI=1S/2C21H30O3/c1-13(23)17-5-6-18-16-4-3-14-11-15(24)7-10-21(14,12-22)19(16)8-9-20(17,18)2;1-13(23)17-5-6-19-16-4-3-14-11-15(24)7-9-20(14,2)18(16)8-10-21(17,19)12-22/h2*11,16-19,22H,3-10,12H2,1-2H3/t16-,17+,18-,19-,20+,21+;16-,17-,18+,19+,20+,21+/m01/s1. The zero-order chi connectivity index (χ0) is 34.2. The molecule has 6 fully saturated rings. The largest absolute Gasteiger partial charge is 0.396 e. The first-order valence-electron chi connectivity index (χ1n) is 19.5. The Morgan fingerprint density at radius 2 is 1.21 bits per heavy atom. The first-order chi connectivity index (χ1) is 22.8. The number of carbonyl (C=O) groups excluding carboxylic acids is 4. The Morgan fingerprint density at radius 3 is 1.88 bits per heavy atom. The molecular weight excluding hydrogens is 600 g/mol. The zero-order valence-corrected chi connectivity index (χ0v) is 30.0. The van der Waals surface area contributed by atoms with Gasteiger partial charge in [-0.25, -0.2) is 0 Å². The molecule has 264 valence electrons. The van der Waals surface area contributed by atoms with Gasteiger partial charge in [0.15, 0.2) is 11.6 Å². The van der Waals surface area contributed by atoms with Crippen LogP contribution in [0.25, 0.3) is 0 Å². The van der Waals surface area contributed by atoms with E-state index in [2.05, 4.69) is 13.8 Å². The van der Waals surface area contributed by atoms with E-state index in [4.69, 9.17) is 0 Å². The van der Waals surface area contributed by atoms with Gasteiger partial charge < -0.3 is 10.2 Å². The molecule has 0 aliphatic heterocycles. The summed E-state index contributed by atoms with van der Waals surface area (Å²) in [6, 6.07) is 0. The number of Topliss-reactive ketones (excluding diaryl/α,β-unsaturated/α-hetero) is 2. The molecule has 0 bridgehead atoms. The van der Waals surface area contributed by atoms with Crippen LogP contribution in [0.3, 0.4) is 0 Å². The number of fused-ring (bicyclic) bond motifs is 10. The molecule has 0 saturated heterocycles. The minimum Gasteiger partial charge on any atom is -0.396 e. The fraction of sp³-hybridized carbons (Fsp3) is 0.810. The van der Waals surface area contributed by atoms with Crippen LogP contribution in [0.2, 0.25) is 0 Å². The van der Waals surface area contributed by atoms with Gasteiger partial charge in [-0.2, -0.15) is 0 Å². The van der Waals surface area contributed by atoms with Gasteiger partial charge in [0.05, 0.1) is 6.61 Å². The van der Waals surface area contributed by atoms with Crippen LogP contribution in [0.1, 0.15) is 130 Å². The molecular formula is C42H60O6. The molecule has 2 N–H and O–H groups in total. The fourth-order valence-corrected chi connectivity index (χ4v) is 14.6. The van der Waals surface area contributed by atoms with Crippen molar-refractivity contribution in [2.45, 2.75) is 130 Å². The van der Waals surface area contributed by atoms with E-state index in [1.807, 2.05) is 12.2 Å². The summed E-state index contributed by atoms with van der Waals surface area (Å²) in [5.41, 5.74) is 2.65. The lowest BCUT2D eigenvalue weighted by atomic mass is 9.46. The number of hydrogen-bond donors (Lipinski definition) is 2. The fourth-order valence-electron chi connectivity index (χ4n) is 14.6. The van der Waals surface area contributed by atoms with Crippen LogP contribution in [-0.4, -0.2) is 46.6 Å². The summed E-state index contributed by atoms with van der Waals surface area (Å²) in [5.74, 6) is 4.95. The normalized spacial score (nSPS) is 47.5. The van der Waals surface area contributed by atoms with Crippen LogP contribution in [0.5, 0.6) is 0 Å². The highest BCUT2D eigenvalue weighted by atomic mass is 16.3. The van der Waals surface area contributed by atoms with E-state index < -0.39 is 0 Å². The number of hydrogen-bond acceptors (Lipinski definition) is 6. The van der Waals surface area contributed by atoms with Gasteiger partial charge in [-0.05, 0) is 162 Å². The number of carbonyl (C=O) groups is 4. The maximum Gasteiger partial charge on any atom is 0.155 e. The Balaban J connectivity index is 0.000000152. The van der Waals surface area contributed by atoms with Crippen molar-refractivity contribution in [1.82, 2.24) is 0 Å². The topological polar surface area (TPSA) is 109 Å². The Labute approximate surface area is 288 Å². The Bertz CT molecular complexity index is 1420. The molecule has 0 aromatic rings. The average molecular weight is 661 g/mol. The third-order valence-corrected chi connectivity index (χ3v) is 16.9. The van der Waals surface area contributed by atoms with E-state index >= 15 is 0 Å². The average Bonchev–Trinajstić information content (AvgIpc) is 3.64. The molecule has 8 rings (SSSR count). The first-order valence-corrected chi connectivity index (χ1v) is 19.5. The van der Waals surface area contributed by atoms with Gasteiger partial charge in [0.25, 0.3) is 0 Å². The van der Waals surface area contributed by atoms with Gasteiger partial charge >= 0.3 is 0 Å². The number of aliphatic hydroxyl groups is 2. The Morgan fingerprint density at radius 1 is 0.625 bits per heavy atom. The van der Waals surface area contributed by atoms with Gasteiger partial charge in [0.1, 0.15) is 11.6 Å². The predicted molar refractivity (Wildman–Crippen MR) is 185 cm³/mol. The highest BCUT2D eigenvalue weighted by molar-refractivity contribution is 5.92. The smallest absolute Gasteiger partial charge is 0.155 e. The van der Waals surface area contributed by atoms with E-state index in [1.165, 1.54) is 17.6 Å². The first kappa shape index (κ1) is 34.5. The highest BCUT2D eigenvalue weighted by Gasteiger charge is 2.62. The van der Waals surface area contributed by atoms with Crippen LogP contribution in [-0.2, 0) is 19.2 Å². The summed E-state index contributed by atoms with van der Waals surface area (Å²) in [6.45, 7) is 8.58. The quantitative estimate of drug-likeness (QED) is 0.326. The summed E-state index contributed by atoms with van der Waals surface area (Å²) >= 11 is 0. The number of ketones is 4. The molecule has 0 heterocycles. The van der Waals surface area contributed by atoms with Gasteiger partial charge in [-0.1, -0.05) is 25.0 Å². The van der Waals surface area contributed by atoms with E-state index in [1.54, 1.807) is 13.8 Å². The molecule has 0 aromatic heterocycles. The molecule has 0 amide bonds. The van der Waals surface area contributed by atoms with Gasteiger partial charge in [0.2, 0.25) is 0 Å². The Kier molecular flexibility index (Phi) is 8.91. The molecule has 0 aromatic carbocycles. The zero-order valence-electron chi connectivity index (χ0n) is 30.0. The van der Waals surface area contributed by atoms with Crippen LogP contribution >= 0.6 is 0 Å². The molecule has 48 heavy (non-hydrogen) atoms. The van der Waals surface area contributed by atoms with Crippen molar-refractivity contribution in [2.24, 2.45) is 69.0 Å². The SMILES string of the molecule is CC(=O)[C@H]1CC[C@H]2[C@@H]3CCC4=CC(=O)CC[C@]4(C)[C@H]3CC[C@]12CO.CC(=O)[C@H]1CC[C@H]2[C@@H]3CCC4=CC(=O)CC[C@]4(CO)[C@H]3CC[C@]12C. The molecule has 6 nitrogen and oxygen atoms in total. The second kappa shape index (κ2) is 12.4. The van der Waals surface area contributed by atoms with E-state index in [-0.39, 0.29) is 58.3 Å². The summed E-state index contributed by atoms with van der Waals surface area (Å²) in [7, 11) is 0. The molecule has 6 saturated carbocycles. The monoisotopic (exact) mass is 660 g/mol. The van der Waals surface area contributed by atoms with Gasteiger partial charge in [0, 0.05) is 42.1 Å². The maximum absolute atomic E-state index is 12.2. The van der Waals surface area contributed by atoms with Crippen LogP contribution in [0, 0.1) is 69.0 Å². The van der Waals surface area contributed by atoms with Crippen molar-refractivity contribution in [2.75, 3.05) is 13.2 Å². The minimum atomic E-state index is -0.158. The number of allylic oxidation sites excluding steroid dienone is 1. The van der Waals surface area contributed by atoms with Crippen molar-refractivity contribution in [3.63, 3.8) is 0 Å². The minimum absolute atomic E-state index is 0.0612. The summed E-state index contributed by atoms with van der Waals surface area (Å²) in [5, 5.41) is 20.6. The maximum atomic E-state index is 12.2. The van der Waals surface area contributed by atoms with Crippen LogP contribution < -0.4 is 0 Å². The molecule has 8 aliphatic rings. The van der Waals surface area contributed by atoms with E-state index in [0.29, 0.717) is 59.9 Å². The second-order valence-electron chi connectivity index (χ2n) is 18.3. The molecule has 0 unspecified atom stereocenters. The van der Waals surface area contributed by atoms with Crippen LogP contribution in [0.4, 0.5) is 0 Å². The van der Waals surface area contributed by atoms with Crippen molar-refractivity contribution < 1.29 is 29.4 Å². The van der Waals surface area contributed by atoms with Gasteiger partial charge in [-0.15, -0.1) is 0 Å². The molecule has 0 radical (unpaired) electrons. The van der Waals surface area contributed by atoms with Crippen molar-refractivity contribution in [3.8, 4) is 0 Å². The number of rotatable bonds is 4. The number of aliphatic hydroxyl groups excluding tert-OH is 2. The van der Waals surface area contributed by atoms with Crippen molar-refractivity contribution in [1.29, 1.82) is 0 Å². The summed E-state index contributed by atoms with van der Waals surface area (Å²) < 4.78 is 0. The molecule has 6 heteroatoms. The Hall–Kier alpha value is -1.92. The summed E-state index contributed by atoms with van der Waals surface area (Å²) in [4.78, 5) is 48.1. The van der Waals surface area contributed by atoms with Crippen molar-refractivity contribution >= 4 is 23.1 Å². The third-order valence-electron chi connectivity index (χ3n) is 16.9. The molecule has 0 spiro atoms. The van der Waals surface area contributed by atoms with Gasteiger partial charge in [-0.3, -0.25) is 19.2 Å². The lowest BCUT2D eigenvalue weighted by Crippen LogP contribution is -2.53. The summed E-state index contributed by atoms with van der Waals surface area (Å²) in [6.07, 6.45) is 19.7. The van der Waals surface area contributed by atoms with E-state index in [9.17, 15) is 29.4 Å². The predicted octanol–water partition coefficient (Wildman–Crippen LogP) is 7.39.